The van der Waals surface area contributed by atoms with Gasteiger partial charge in [0.05, 0.1) is 5.69 Å². The van der Waals surface area contributed by atoms with Crippen molar-refractivity contribution in [3.05, 3.63) is 68.5 Å². The minimum absolute atomic E-state index is 0.00326. The summed E-state index contributed by atoms with van der Waals surface area (Å²) >= 11 is 7.43. The lowest BCUT2D eigenvalue weighted by molar-refractivity contribution is 0.0627. The van der Waals surface area contributed by atoms with Crippen molar-refractivity contribution < 1.29 is 4.79 Å². The molecule has 0 atom stereocenters. The summed E-state index contributed by atoms with van der Waals surface area (Å²) in [5, 5.41) is 2.42. The van der Waals surface area contributed by atoms with Crippen LogP contribution in [-0.2, 0) is 6.54 Å². The molecule has 3 heterocycles. The zero-order chi connectivity index (χ0) is 18.1. The number of benzene rings is 1. The highest BCUT2D eigenvalue weighted by molar-refractivity contribution is 7.15. The maximum absolute atomic E-state index is 12.6. The lowest BCUT2D eigenvalue weighted by Crippen LogP contribution is -2.48. The summed E-state index contributed by atoms with van der Waals surface area (Å²) in [4.78, 5) is 34.0. The molecule has 3 aromatic rings. The van der Waals surface area contributed by atoms with Crippen LogP contribution in [0.25, 0.3) is 4.96 Å². The summed E-state index contributed by atoms with van der Waals surface area (Å²) in [5.41, 5.74) is 1.33. The molecule has 1 saturated heterocycles. The molecule has 8 heteroatoms. The quantitative estimate of drug-likeness (QED) is 0.691. The van der Waals surface area contributed by atoms with Crippen LogP contribution in [0.3, 0.4) is 0 Å². The van der Waals surface area contributed by atoms with Crippen LogP contribution in [0.2, 0.25) is 5.02 Å². The first-order chi connectivity index (χ1) is 12.6. The van der Waals surface area contributed by atoms with E-state index in [1.54, 1.807) is 40.9 Å². The highest BCUT2D eigenvalue weighted by Crippen LogP contribution is 2.15. The van der Waals surface area contributed by atoms with Crippen molar-refractivity contribution in [3.8, 4) is 0 Å². The van der Waals surface area contributed by atoms with Gasteiger partial charge in [-0.05, 0) is 18.2 Å². The van der Waals surface area contributed by atoms with Crippen LogP contribution >= 0.6 is 22.9 Å². The molecule has 1 fully saturated rings. The van der Waals surface area contributed by atoms with Gasteiger partial charge in [0, 0.05) is 61.0 Å². The maximum Gasteiger partial charge on any atom is 0.258 e. The number of nitrogens with zero attached hydrogens (tertiary/aromatic N) is 4. The molecule has 0 aliphatic carbocycles. The number of thiazole rings is 1. The van der Waals surface area contributed by atoms with Gasteiger partial charge in [0.25, 0.3) is 11.5 Å². The maximum atomic E-state index is 12.6. The van der Waals surface area contributed by atoms with Crippen molar-refractivity contribution >= 4 is 33.8 Å². The fourth-order valence-corrected chi connectivity index (χ4v) is 4.04. The van der Waals surface area contributed by atoms with Gasteiger partial charge in [0.15, 0.2) is 4.96 Å². The first-order valence-electron chi connectivity index (χ1n) is 8.33. The van der Waals surface area contributed by atoms with E-state index in [0.717, 1.165) is 18.8 Å². The SMILES string of the molecule is O=C(c1cccc(Cl)c1)N1CCN(Cc2cc(=O)n3ccsc3n2)CC1. The smallest absolute Gasteiger partial charge is 0.258 e. The number of hydrogen-bond acceptors (Lipinski definition) is 5. The van der Waals surface area contributed by atoms with E-state index in [1.807, 2.05) is 10.3 Å². The van der Waals surface area contributed by atoms with E-state index in [1.165, 1.54) is 11.3 Å². The van der Waals surface area contributed by atoms with Gasteiger partial charge in [-0.1, -0.05) is 17.7 Å². The van der Waals surface area contributed by atoms with Gasteiger partial charge in [-0.15, -0.1) is 11.3 Å². The second kappa shape index (κ2) is 7.19. The van der Waals surface area contributed by atoms with Crippen LogP contribution in [-0.4, -0.2) is 51.3 Å². The predicted octanol–water partition coefficient (Wildman–Crippen LogP) is 2.37. The number of aromatic nitrogens is 2. The van der Waals surface area contributed by atoms with Gasteiger partial charge in [0.2, 0.25) is 0 Å². The third kappa shape index (κ3) is 3.51. The minimum atomic E-state index is -0.0546. The third-order valence-corrected chi connectivity index (χ3v) is 5.46. The van der Waals surface area contributed by atoms with Gasteiger partial charge in [0.1, 0.15) is 0 Å². The van der Waals surface area contributed by atoms with E-state index in [0.29, 0.717) is 35.2 Å². The van der Waals surface area contributed by atoms with Crippen LogP contribution < -0.4 is 5.56 Å². The number of carbonyl (C=O) groups is 1. The third-order valence-electron chi connectivity index (χ3n) is 4.47. The van der Waals surface area contributed by atoms with Crippen LogP contribution in [0.5, 0.6) is 0 Å². The van der Waals surface area contributed by atoms with Crippen LogP contribution in [0.1, 0.15) is 16.1 Å². The Morgan fingerprint density at radius 1 is 1.19 bits per heavy atom. The molecule has 0 saturated carbocycles. The second-order valence-corrected chi connectivity index (χ2v) is 7.53. The van der Waals surface area contributed by atoms with Crippen molar-refractivity contribution in [1.29, 1.82) is 0 Å². The Labute approximate surface area is 159 Å². The van der Waals surface area contributed by atoms with Gasteiger partial charge < -0.3 is 4.90 Å². The Morgan fingerprint density at radius 2 is 2.00 bits per heavy atom. The average molecular weight is 389 g/mol. The van der Waals surface area contributed by atoms with Gasteiger partial charge >= 0.3 is 0 Å². The number of carbonyl (C=O) groups excluding carboxylic acids is 1. The molecule has 26 heavy (non-hydrogen) atoms. The van der Waals surface area contributed by atoms with Gasteiger partial charge in [-0.2, -0.15) is 0 Å². The number of rotatable bonds is 3. The van der Waals surface area contributed by atoms with Crippen molar-refractivity contribution in [2.45, 2.75) is 6.54 Å². The van der Waals surface area contributed by atoms with Gasteiger partial charge in [-0.25, -0.2) is 4.98 Å². The van der Waals surface area contributed by atoms with E-state index in [4.69, 9.17) is 11.6 Å². The number of halogens is 1. The predicted molar refractivity (Wildman–Crippen MR) is 102 cm³/mol. The molecule has 1 aliphatic rings. The molecule has 1 amide bonds. The molecular formula is C18H17ClN4O2S. The number of amides is 1. The van der Waals surface area contributed by atoms with Crippen molar-refractivity contribution in [2.24, 2.45) is 0 Å². The number of hydrogen-bond donors (Lipinski definition) is 0. The Hall–Kier alpha value is -2.22. The topological polar surface area (TPSA) is 57.9 Å². The molecule has 0 N–H and O–H groups in total. The standard InChI is InChI=1S/C18H17ClN4O2S/c19-14-3-1-2-13(10-14)17(25)22-6-4-21(5-7-22)12-15-11-16(24)23-8-9-26-18(23)20-15/h1-3,8-11H,4-7,12H2. The Bertz CT molecular complexity index is 1010. The summed E-state index contributed by atoms with van der Waals surface area (Å²) in [5.74, 6) is 0.00326. The second-order valence-electron chi connectivity index (χ2n) is 6.22. The molecular weight excluding hydrogens is 372 g/mol. The number of piperazine rings is 1. The van der Waals surface area contributed by atoms with Crippen molar-refractivity contribution in [2.75, 3.05) is 26.2 Å². The number of fused-ring (bicyclic) bond motifs is 1. The molecule has 0 bridgehead atoms. The highest BCUT2D eigenvalue weighted by atomic mass is 35.5. The lowest BCUT2D eigenvalue weighted by Gasteiger charge is -2.34. The van der Waals surface area contributed by atoms with E-state index >= 15 is 0 Å². The molecule has 0 radical (unpaired) electrons. The zero-order valence-electron chi connectivity index (χ0n) is 14.0. The van der Waals surface area contributed by atoms with Crippen LogP contribution in [0.4, 0.5) is 0 Å². The normalized spacial score (nSPS) is 15.5. The molecule has 6 nitrogen and oxygen atoms in total. The molecule has 0 spiro atoms. The summed E-state index contributed by atoms with van der Waals surface area (Å²) < 4.78 is 1.55. The Balaban J connectivity index is 1.40. The average Bonchev–Trinajstić information content (AvgIpc) is 3.11. The molecule has 134 valence electrons. The molecule has 2 aromatic heterocycles. The monoisotopic (exact) mass is 388 g/mol. The summed E-state index contributed by atoms with van der Waals surface area (Å²) in [7, 11) is 0. The summed E-state index contributed by atoms with van der Waals surface area (Å²) in [6, 6.07) is 8.62. The minimum Gasteiger partial charge on any atom is -0.336 e. The zero-order valence-corrected chi connectivity index (χ0v) is 15.5. The lowest BCUT2D eigenvalue weighted by atomic mass is 10.2. The fourth-order valence-electron chi connectivity index (χ4n) is 3.11. The van der Waals surface area contributed by atoms with Crippen molar-refractivity contribution in [1.82, 2.24) is 19.2 Å². The largest absolute Gasteiger partial charge is 0.336 e. The Morgan fingerprint density at radius 3 is 2.77 bits per heavy atom. The van der Waals surface area contributed by atoms with E-state index < -0.39 is 0 Å². The molecule has 4 rings (SSSR count). The summed E-state index contributed by atoms with van der Waals surface area (Å²) in [6.07, 6.45) is 1.74. The van der Waals surface area contributed by atoms with E-state index in [-0.39, 0.29) is 11.5 Å². The van der Waals surface area contributed by atoms with E-state index in [9.17, 15) is 9.59 Å². The van der Waals surface area contributed by atoms with E-state index in [2.05, 4.69) is 9.88 Å². The van der Waals surface area contributed by atoms with Gasteiger partial charge in [-0.3, -0.25) is 18.9 Å². The first kappa shape index (κ1) is 17.2. The Kier molecular flexibility index (Phi) is 4.76. The van der Waals surface area contributed by atoms with Crippen molar-refractivity contribution in [3.63, 3.8) is 0 Å². The first-order valence-corrected chi connectivity index (χ1v) is 9.59. The fraction of sp³-hybridized carbons (Fsp3) is 0.278. The molecule has 0 unspecified atom stereocenters. The highest BCUT2D eigenvalue weighted by Gasteiger charge is 2.22. The van der Waals surface area contributed by atoms with Crippen LogP contribution in [0.15, 0.2) is 46.7 Å². The summed E-state index contributed by atoms with van der Waals surface area (Å²) in [6.45, 7) is 3.40. The molecule has 1 aromatic carbocycles. The molecule has 1 aliphatic heterocycles. The van der Waals surface area contributed by atoms with Crippen LogP contribution in [0, 0.1) is 0 Å².